The van der Waals surface area contributed by atoms with Crippen molar-refractivity contribution in [1.29, 1.82) is 0 Å². The lowest BCUT2D eigenvalue weighted by Crippen LogP contribution is -2.52. The van der Waals surface area contributed by atoms with Crippen molar-refractivity contribution >= 4 is 27.7 Å². The Bertz CT molecular complexity index is 1240. The molecule has 1 aliphatic carbocycles. The Balaban J connectivity index is 1.59. The number of hydrogen-bond donors (Lipinski definition) is 1. The molecule has 40 heavy (non-hydrogen) atoms. The minimum Gasteiger partial charge on any atom is -0.352 e. The first kappa shape index (κ1) is 30.0. The number of carbonyl (C=O) groups is 2. The number of nitrogens with zero attached hydrogens (tertiary/aromatic N) is 1. The fraction of sp³-hybridized carbons (Fsp3) is 0.429. The Morgan fingerprint density at radius 2 is 1.55 bits per heavy atom. The first-order chi connectivity index (χ1) is 19.2. The molecular formula is C35H43BrN2O2. The summed E-state index contributed by atoms with van der Waals surface area (Å²) in [5.41, 5.74) is 4.55. The Morgan fingerprint density at radius 3 is 2.20 bits per heavy atom. The zero-order chi connectivity index (χ0) is 28.5. The van der Waals surface area contributed by atoms with Gasteiger partial charge < -0.3 is 10.2 Å². The highest BCUT2D eigenvalue weighted by Crippen LogP contribution is 2.24. The number of rotatable bonds is 10. The molecule has 0 aliphatic heterocycles. The average Bonchev–Trinajstić information content (AvgIpc) is 2.94. The Kier molecular flexibility index (Phi) is 10.6. The highest BCUT2D eigenvalue weighted by Gasteiger charge is 2.31. The third kappa shape index (κ3) is 8.79. The van der Waals surface area contributed by atoms with Gasteiger partial charge in [-0.1, -0.05) is 123 Å². The second-order valence-corrected chi connectivity index (χ2v) is 13.1. The fourth-order valence-corrected chi connectivity index (χ4v) is 5.94. The zero-order valence-electron chi connectivity index (χ0n) is 24.2. The van der Waals surface area contributed by atoms with Crippen LogP contribution < -0.4 is 5.32 Å². The minimum absolute atomic E-state index is 0.000372. The van der Waals surface area contributed by atoms with Crippen molar-refractivity contribution in [3.05, 3.63) is 106 Å². The minimum atomic E-state index is -0.584. The van der Waals surface area contributed by atoms with Crippen molar-refractivity contribution in [2.75, 3.05) is 0 Å². The van der Waals surface area contributed by atoms with Crippen LogP contribution in [0.25, 0.3) is 0 Å². The summed E-state index contributed by atoms with van der Waals surface area (Å²) < 4.78 is 0.961. The standard InChI is InChI=1S/C35H43BrN2O2/c1-35(2,3)29-20-17-26(18-21-29)19-22-33(39)38(25-28-13-10-14-30(36)23-28)32(24-27-11-6-4-7-12-27)34(40)37-31-15-8-5-9-16-31/h4,6-7,10-14,17-18,20-21,23,31-32H,5,8-9,15-16,19,22,24-25H2,1-3H3,(H,37,40). The van der Waals surface area contributed by atoms with Crippen LogP contribution in [0.3, 0.4) is 0 Å². The molecule has 1 N–H and O–H groups in total. The molecule has 0 radical (unpaired) electrons. The van der Waals surface area contributed by atoms with E-state index < -0.39 is 6.04 Å². The lowest BCUT2D eigenvalue weighted by atomic mass is 9.86. The molecule has 5 heteroatoms. The number of amides is 2. The van der Waals surface area contributed by atoms with E-state index in [2.05, 4.69) is 66.3 Å². The van der Waals surface area contributed by atoms with Gasteiger partial charge in [0, 0.05) is 29.9 Å². The van der Waals surface area contributed by atoms with E-state index in [-0.39, 0.29) is 23.3 Å². The molecule has 0 heterocycles. The van der Waals surface area contributed by atoms with E-state index in [1.165, 1.54) is 12.0 Å². The van der Waals surface area contributed by atoms with Crippen molar-refractivity contribution < 1.29 is 9.59 Å². The van der Waals surface area contributed by atoms with Crippen LogP contribution >= 0.6 is 15.9 Å². The largest absolute Gasteiger partial charge is 0.352 e. The molecule has 0 spiro atoms. The van der Waals surface area contributed by atoms with Gasteiger partial charge in [-0.15, -0.1) is 0 Å². The second-order valence-electron chi connectivity index (χ2n) is 12.1. The van der Waals surface area contributed by atoms with Crippen LogP contribution in [-0.4, -0.2) is 28.8 Å². The third-order valence-corrected chi connectivity index (χ3v) is 8.41. The number of carbonyl (C=O) groups excluding carboxylic acids is 2. The number of benzene rings is 3. The van der Waals surface area contributed by atoms with Gasteiger partial charge in [-0.25, -0.2) is 0 Å². The first-order valence-electron chi connectivity index (χ1n) is 14.7. The molecule has 3 aromatic rings. The number of aryl methyl sites for hydroxylation is 1. The lowest BCUT2D eigenvalue weighted by Gasteiger charge is -2.33. The molecule has 2 amide bonds. The molecule has 1 atom stereocenters. The van der Waals surface area contributed by atoms with Crippen molar-refractivity contribution in [1.82, 2.24) is 10.2 Å². The smallest absolute Gasteiger partial charge is 0.243 e. The summed E-state index contributed by atoms with van der Waals surface area (Å²) in [7, 11) is 0. The fourth-order valence-electron chi connectivity index (χ4n) is 5.50. The summed E-state index contributed by atoms with van der Waals surface area (Å²) in [4.78, 5) is 29.7. The van der Waals surface area contributed by atoms with Gasteiger partial charge in [-0.3, -0.25) is 9.59 Å². The van der Waals surface area contributed by atoms with Gasteiger partial charge in [0.2, 0.25) is 11.8 Å². The van der Waals surface area contributed by atoms with E-state index in [4.69, 9.17) is 0 Å². The summed E-state index contributed by atoms with van der Waals surface area (Å²) in [5, 5.41) is 3.32. The highest BCUT2D eigenvalue weighted by molar-refractivity contribution is 9.10. The van der Waals surface area contributed by atoms with E-state index in [9.17, 15) is 9.59 Å². The predicted octanol–water partition coefficient (Wildman–Crippen LogP) is 7.77. The van der Waals surface area contributed by atoms with Gasteiger partial charge >= 0.3 is 0 Å². The first-order valence-corrected chi connectivity index (χ1v) is 15.5. The van der Waals surface area contributed by atoms with E-state index in [0.29, 0.717) is 25.8 Å². The highest BCUT2D eigenvalue weighted by atomic mass is 79.9. The molecule has 3 aromatic carbocycles. The molecule has 4 nitrogen and oxygen atoms in total. The van der Waals surface area contributed by atoms with Gasteiger partial charge in [-0.2, -0.15) is 0 Å². The molecule has 212 valence electrons. The van der Waals surface area contributed by atoms with E-state index in [1.54, 1.807) is 0 Å². The van der Waals surface area contributed by atoms with Crippen molar-refractivity contribution in [3.8, 4) is 0 Å². The summed E-state index contributed by atoms with van der Waals surface area (Å²) in [6.45, 7) is 7.00. The molecule has 0 aromatic heterocycles. The van der Waals surface area contributed by atoms with Crippen LogP contribution in [-0.2, 0) is 34.4 Å². The molecule has 1 fully saturated rings. The Morgan fingerprint density at radius 1 is 0.875 bits per heavy atom. The number of halogens is 1. The van der Waals surface area contributed by atoms with Crippen LogP contribution in [0.5, 0.6) is 0 Å². The van der Waals surface area contributed by atoms with Crippen LogP contribution in [0.15, 0.2) is 83.3 Å². The van der Waals surface area contributed by atoms with Crippen LogP contribution in [0, 0.1) is 0 Å². The summed E-state index contributed by atoms with van der Waals surface area (Å²) in [6.07, 6.45) is 7.00. The summed E-state index contributed by atoms with van der Waals surface area (Å²) in [6, 6.07) is 26.2. The molecule has 4 rings (SSSR count). The van der Waals surface area contributed by atoms with Crippen LogP contribution in [0.2, 0.25) is 0 Å². The topological polar surface area (TPSA) is 49.4 Å². The van der Waals surface area contributed by atoms with E-state index in [0.717, 1.165) is 46.8 Å². The van der Waals surface area contributed by atoms with Gasteiger partial charge in [0.15, 0.2) is 0 Å². The van der Waals surface area contributed by atoms with Gasteiger partial charge in [0.05, 0.1) is 0 Å². The molecule has 0 bridgehead atoms. The van der Waals surface area contributed by atoms with Crippen LogP contribution in [0.4, 0.5) is 0 Å². The van der Waals surface area contributed by atoms with Crippen LogP contribution in [0.1, 0.15) is 81.5 Å². The maximum atomic E-state index is 14.0. The third-order valence-electron chi connectivity index (χ3n) is 7.91. The number of hydrogen-bond acceptors (Lipinski definition) is 2. The lowest BCUT2D eigenvalue weighted by molar-refractivity contribution is -0.141. The second kappa shape index (κ2) is 14.1. The molecule has 1 aliphatic rings. The summed E-state index contributed by atoms with van der Waals surface area (Å²) >= 11 is 3.57. The van der Waals surface area contributed by atoms with Crippen molar-refractivity contribution in [2.24, 2.45) is 0 Å². The average molecular weight is 604 g/mol. The van der Waals surface area contributed by atoms with Gasteiger partial charge in [-0.05, 0) is 59.1 Å². The number of nitrogens with one attached hydrogen (secondary N) is 1. The van der Waals surface area contributed by atoms with Crippen molar-refractivity contribution in [2.45, 2.75) is 96.2 Å². The maximum absolute atomic E-state index is 14.0. The van der Waals surface area contributed by atoms with Crippen molar-refractivity contribution in [3.63, 3.8) is 0 Å². The van der Waals surface area contributed by atoms with E-state index >= 15 is 0 Å². The van der Waals surface area contributed by atoms with E-state index in [1.807, 2.05) is 59.5 Å². The quantitative estimate of drug-likeness (QED) is 0.258. The normalized spacial score (nSPS) is 14.9. The summed E-state index contributed by atoms with van der Waals surface area (Å²) in [5.74, 6) is -0.0479. The Hall–Kier alpha value is -2.92. The predicted molar refractivity (Wildman–Crippen MR) is 167 cm³/mol. The van der Waals surface area contributed by atoms with Gasteiger partial charge in [0.25, 0.3) is 0 Å². The van der Waals surface area contributed by atoms with Gasteiger partial charge in [0.1, 0.15) is 6.04 Å². The monoisotopic (exact) mass is 602 g/mol. The molecule has 0 saturated heterocycles. The SMILES string of the molecule is CC(C)(C)c1ccc(CCC(=O)N(Cc2cccc(Br)c2)C(Cc2ccccc2)C(=O)NC2CCCCC2)cc1. The molecule has 1 unspecified atom stereocenters. The molecular weight excluding hydrogens is 560 g/mol. The Labute approximate surface area is 248 Å². The maximum Gasteiger partial charge on any atom is 0.243 e. The molecule has 1 saturated carbocycles. The zero-order valence-corrected chi connectivity index (χ0v) is 25.8.